The number of rotatable bonds is 2. The molecule has 0 spiro atoms. The maximum atomic E-state index is 12.7. The molecule has 2 nitrogen and oxygen atoms in total. The van der Waals surface area contributed by atoms with Crippen LogP contribution in [0.1, 0.15) is 34.7 Å². The van der Waals surface area contributed by atoms with Crippen LogP contribution in [-0.2, 0) is 0 Å². The molecular weight excluding hydrogens is 212 g/mol. The van der Waals surface area contributed by atoms with Crippen molar-refractivity contribution in [1.29, 1.82) is 0 Å². The van der Waals surface area contributed by atoms with E-state index in [-0.39, 0.29) is 24.7 Å². The van der Waals surface area contributed by atoms with Gasteiger partial charge in [0.2, 0.25) is 5.92 Å². The van der Waals surface area contributed by atoms with Crippen LogP contribution in [0.5, 0.6) is 0 Å². The van der Waals surface area contributed by atoms with Gasteiger partial charge < -0.3 is 5.32 Å². The molecule has 0 unspecified atom stereocenters. The molecule has 1 aromatic carbocycles. The molecule has 0 heterocycles. The third-order valence-corrected chi connectivity index (χ3v) is 2.94. The molecule has 1 aliphatic rings. The van der Waals surface area contributed by atoms with Crippen LogP contribution in [0.2, 0.25) is 0 Å². The molecule has 16 heavy (non-hydrogen) atoms. The minimum absolute atomic E-state index is 0.107. The van der Waals surface area contributed by atoms with E-state index >= 15 is 0 Å². The fourth-order valence-corrected chi connectivity index (χ4v) is 1.98. The van der Waals surface area contributed by atoms with Crippen molar-refractivity contribution in [2.24, 2.45) is 0 Å². The van der Waals surface area contributed by atoms with Crippen molar-refractivity contribution in [3.63, 3.8) is 0 Å². The van der Waals surface area contributed by atoms with Gasteiger partial charge in [0.25, 0.3) is 5.91 Å². The Bertz CT molecular complexity index is 409. The summed E-state index contributed by atoms with van der Waals surface area (Å²) in [6.45, 7) is 0. The van der Waals surface area contributed by atoms with Crippen LogP contribution in [0.3, 0.4) is 0 Å². The second kappa shape index (κ2) is 3.85. The summed E-state index contributed by atoms with van der Waals surface area (Å²) in [6, 6.07) is 6.90. The summed E-state index contributed by atoms with van der Waals surface area (Å²) in [5, 5.41) is 2.51. The van der Waals surface area contributed by atoms with Gasteiger partial charge in [-0.2, -0.15) is 0 Å². The van der Waals surface area contributed by atoms with E-state index in [0.717, 1.165) is 5.56 Å². The van der Waals surface area contributed by atoms with Gasteiger partial charge in [-0.15, -0.1) is 0 Å². The summed E-state index contributed by atoms with van der Waals surface area (Å²) in [6.07, 6.45) is -0.214. The highest BCUT2D eigenvalue weighted by Crippen LogP contribution is 2.48. The minimum Gasteiger partial charge on any atom is -0.355 e. The molecule has 0 atom stereocenters. The van der Waals surface area contributed by atoms with Crippen LogP contribution in [0.25, 0.3) is 0 Å². The summed E-state index contributed by atoms with van der Waals surface area (Å²) >= 11 is 0. The zero-order valence-corrected chi connectivity index (χ0v) is 8.97. The predicted octanol–water partition coefficient (Wildman–Crippen LogP) is 2.56. The summed E-state index contributed by atoms with van der Waals surface area (Å²) in [5.41, 5.74) is 1.35. The molecule has 0 aromatic heterocycles. The number of halogens is 2. The SMILES string of the molecule is CNC(=O)c1cccc(C2CC(F)(F)C2)c1. The molecular formula is C12H13F2NO. The lowest BCUT2D eigenvalue weighted by Gasteiger charge is -2.35. The number of nitrogens with one attached hydrogen (secondary N) is 1. The molecule has 0 saturated heterocycles. The molecule has 1 aliphatic carbocycles. The van der Waals surface area contributed by atoms with E-state index in [1.54, 1.807) is 31.3 Å². The standard InChI is InChI=1S/C12H13F2NO/c1-15-11(16)9-4-2-3-8(5-9)10-6-12(13,14)7-10/h2-5,10H,6-7H2,1H3,(H,15,16). The number of hydrogen-bond donors (Lipinski definition) is 1. The van der Waals surface area contributed by atoms with Crippen LogP contribution in [0.15, 0.2) is 24.3 Å². The first kappa shape index (κ1) is 11.0. The first-order chi connectivity index (χ1) is 7.52. The number of carbonyl (C=O) groups excluding carboxylic acids is 1. The molecule has 86 valence electrons. The number of amides is 1. The fourth-order valence-electron chi connectivity index (χ4n) is 1.98. The lowest BCUT2D eigenvalue weighted by molar-refractivity contribution is -0.0867. The van der Waals surface area contributed by atoms with E-state index in [1.807, 2.05) is 0 Å². The topological polar surface area (TPSA) is 29.1 Å². The Morgan fingerprint density at radius 2 is 2.12 bits per heavy atom. The van der Waals surface area contributed by atoms with Crippen LogP contribution in [0, 0.1) is 0 Å². The zero-order valence-electron chi connectivity index (χ0n) is 8.97. The highest BCUT2D eigenvalue weighted by atomic mass is 19.3. The van der Waals surface area contributed by atoms with E-state index in [0.29, 0.717) is 5.56 Å². The van der Waals surface area contributed by atoms with Crippen molar-refractivity contribution >= 4 is 5.91 Å². The average Bonchev–Trinajstić information content (AvgIpc) is 2.25. The summed E-state index contributed by atoms with van der Waals surface area (Å²) < 4.78 is 25.4. The predicted molar refractivity (Wildman–Crippen MR) is 56.8 cm³/mol. The number of alkyl halides is 2. The third-order valence-electron chi connectivity index (χ3n) is 2.94. The highest BCUT2D eigenvalue weighted by molar-refractivity contribution is 5.94. The normalized spacial score (nSPS) is 18.9. The Morgan fingerprint density at radius 3 is 2.69 bits per heavy atom. The van der Waals surface area contributed by atoms with E-state index < -0.39 is 5.92 Å². The van der Waals surface area contributed by atoms with E-state index in [2.05, 4.69) is 5.32 Å². The molecule has 1 saturated carbocycles. The van der Waals surface area contributed by atoms with E-state index in [1.165, 1.54) is 0 Å². The molecule has 1 aromatic rings. The first-order valence-electron chi connectivity index (χ1n) is 5.22. The Labute approximate surface area is 92.7 Å². The van der Waals surface area contributed by atoms with Crippen LogP contribution in [0.4, 0.5) is 8.78 Å². The Hall–Kier alpha value is -1.45. The summed E-state index contributed by atoms with van der Waals surface area (Å²) in [4.78, 5) is 11.4. The van der Waals surface area contributed by atoms with Crippen molar-refractivity contribution in [3.8, 4) is 0 Å². The van der Waals surface area contributed by atoms with Gasteiger partial charge in [0.05, 0.1) is 0 Å². The second-order valence-electron chi connectivity index (χ2n) is 4.17. The van der Waals surface area contributed by atoms with E-state index in [9.17, 15) is 13.6 Å². The number of carbonyl (C=O) groups is 1. The van der Waals surface area contributed by atoms with Gasteiger partial charge in [0, 0.05) is 25.5 Å². The smallest absolute Gasteiger partial charge is 0.251 e. The monoisotopic (exact) mass is 225 g/mol. The van der Waals surface area contributed by atoms with Gasteiger partial charge in [-0.3, -0.25) is 4.79 Å². The van der Waals surface area contributed by atoms with Gasteiger partial charge in [0.15, 0.2) is 0 Å². The van der Waals surface area contributed by atoms with Gasteiger partial charge in [-0.1, -0.05) is 12.1 Å². The number of hydrogen-bond acceptors (Lipinski definition) is 1. The lowest BCUT2D eigenvalue weighted by Crippen LogP contribution is -2.33. The molecule has 4 heteroatoms. The van der Waals surface area contributed by atoms with Crippen molar-refractivity contribution in [1.82, 2.24) is 5.32 Å². The molecule has 2 rings (SSSR count). The van der Waals surface area contributed by atoms with Crippen molar-refractivity contribution < 1.29 is 13.6 Å². The highest BCUT2D eigenvalue weighted by Gasteiger charge is 2.45. The molecule has 0 radical (unpaired) electrons. The zero-order chi connectivity index (χ0) is 11.8. The third kappa shape index (κ3) is 2.05. The fraction of sp³-hybridized carbons (Fsp3) is 0.417. The maximum absolute atomic E-state index is 12.7. The van der Waals surface area contributed by atoms with Crippen molar-refractivity contribution in [2.45, 2.75) is 24.7 Å². The molecule has 1 amide bonds. The Morgan fingerprint density at radius 1 is 1.44 bits per heavy atom. The average molecular weight is 225 g/mol. The van der Waals surface area contributed by atoms with Crippen molar-refractivity contribution in [2.75, 3.05) is 7.05 Å². The van der Waals surface area contributed by atoms with Gasteiger partial charge in [-0.05, 0) is 23.6 Å². The Kier molecular flexibility index (Phi) is 2.66. The number of benzene rings is 1. The second-order valence-corrected chi connectivity index (χ2v) is 4.17. The molecule has 1 N–H and O–H groups in total. The van der Waals surface area contributed by atoms with Crippen LogP contribution >= 0.6 is 0 Å². The molecule has 0 bridgehead atoms. The maximum Gasteiger partial charge on any atom is 0.251 e. The first-order valence-corrected chi connectivity index (χ1v) is 5.22. The lowest BCUT2D eigenvalue weighted by atomic mass is 9.76. The molecule has 0 aliphatic heterocycles. The summed E-state index contributed by atoms with van der Waals surface area (Å²) in [7, 11) is 1.55. The quantitative estimate of drug-likeness (QED) is 0.823. The van der Waals surface area contributed by atoms with Gasteiger partial charge in [-0.25, -0.2) is 8.78 Å². The van der Waals surface area contributed by atoms with E-state index in [4.69, 9.17) is 0 Å². The van der Waals surface area contributed by atoms with Crippen LogP contribution < -0.4 is 5.32 Å². The van der Waals surface area contributed by atoms with Crippen molar-refractivity contribution in [3.05, 3.63) is 35.4 Å². The van der Waals surface area contributed by atoms with Gasteiger partial charge >= 0.3 is 0 Å². The summed E-state index contributed by atoms with van der Waals surface area (Å²) in [5.74, 6) is -2.82. The van der Waals surface area contributed by atoms with Gasteiger partial charge in [0.1, 0.15) is 0 Å². The van der Waals surface area contributed by atoms with Crippen LogP contribution in [-0.4, -0.2) is 18.9 Å². The minimum atomic E-state index is -2.52. The Balaban J connectivity index is 2.15. The molecule has 1 fully saturated rings. The largest absolute Gasteiger partial charge is 0.355 e.